The first kappa shape index (κ1) is 13.1. The van der Waals surface area contributed by atoms with Crippen LogP contribution in [0.1, 0.15) is 11.7 Å². The Morgan fingerprint density at radius 2 is 1.85 bits per heavy atom. The number of fused-ring (bicyclic) bond motifs is 3. The van der Waals surface area contributed by atoms with Crippen molar-refractivity contribution in [2.45, 2.75) is 26.6 Å². The number of rotatable bonds is 1. The van der Waals surface area contributed by atoms with Crippen LogP contribution in [-0.2, 0) is 0 Å². The van der Waals surface area contributed by atoms with Crippen LogP contribution >= 0.6 is 0 Å². The molecular formula is C16H18N2OSi. The van der Waals surface area contributed by atoms with Crippen LogP contribution in [0.3, 0.4) is 0 Å². The molecule has 2 heterocycles. The second-order valence-corrected chi connectivity index (χ2v) is 11.2. The molecule has 0 aliphatic rings. The quantitative estimate of drug-likeness (QED) is 0.641. The van der Waals surface area contributed by atoms with E-state index in [9.17, 15) is 4.79 Å². The minimum absolute atomic E-state index is 0.0106. The Hall–Kier alpha value is -1.94. The lowest BCUT2D eigenvalue weighted by Crippen LogP contribution is -2.38. The third-order valence-corrected chi connectivity index (χ3v) is 5.71. The molecule has 0 saturated heterocycles. The highest BCUT2D eigenvalue weighted by Crippen LogP contribution is 2.27. The highest BCUT2D eigenvalue weighted by Gasteiger charge is 2.24. The first-order valence-corrected chi connectivity index (χ1v) is 10.3. The van der Waals surface area contributed by atoms with Gasteiger partial charge < -0.3 is 0 Å². The molecule has 0 bridgehead atoms. The molecule has 0 N–H and O–H groups in total. The van der Waals surface area contributed by atoms with Crippen molar-refractivity contribution in [1.29, 1.82) is 0 Å². The van der Waals surface area contributed by atoms with Gasteiger partial charge in [0.05, 0.1) is 13.6 Å². The van der Waals surface area contributed by atoms with Gasteiger partial charge in [-0.1, -0.05) is 37.8 Å². The van der Waals surface area contributed by atoms with Crippen molar-refractivity contribution in [3.05, 3.63) is 36.5 Å². The number of hydrogen-bond acceptors (Lipinski definition) is 2. The topological polar surface area (TPSA) is 34.9 Å². The van der Waals surface area contributed by atoms with Crippen molar-refractivity contribution < 1.29 is 4.79 Å². The van der Waals surface area contributed by atoms with Gasteiger partial charge in [-0.05, 0) is 17.3 Å². The highest BCUT2D eigenvalue weighted by molar-refractivity contribution is 6.90. The van der Waals surface area contributed by atoms with Crippen LogP contribution in [0.5, 0.6) is 0 Å². The third kappa shape index (κ3) is 1.79. The molecule has 0 aliphatic carbocycles. The van der Waals surface area contributed by atoms with Crippen molar-refractivity contribution in [2.75, 3.05) is 0 Å². The van der Waals surface area contributed by atoms with Crippen molar-refractivity contribution in [3.63, 3.8) is 0 Å². The van der Waals surface area contributed by atoms with Gasteiger partial charge in [-0.3, -0.25) is 9.36 Å². The summed E-state index contributed by atoms with van der Waals surface area (Å²) >= 11 is 0. The van der Waals surface area contributed by atoms with Crippen molar-refractivity contribution in [2.24, 2.45) is 0 Å². The Balaban J connectivity index is 2.60. The summed E-state index contributed by atoms with van der Waals surface area (Å²) in [5, 5.41) is 3.64. The fourth-order valence-electron chi connectivity index (χ4n) is 2.82. The molecule has 0 fully saturated rings. The van der Waals surface area contributed by atoms with Gasteiger partial charge in [0.15, 0.2) is 0 Å². The molecule has 0 saturated carbocycles. The van der Waals surface area contributed by atoms with Crippen LogP contribution in [0, 0.1) is 0 Å². The predicted molar refractivity (Wildman–Crippen MR) is 86.5 cm³/mol. The summed E-state index contributed by atoms with van der Waals surface area (Å²) in [5.41, 5.74) is 1.74. The van der Waals surface area contributed by atoms with Crippen LogP contribution in [0.25, 0.3) is 21.9 Å². The zero-order chi connectivity index (χ0) is 14.5. The molecule has 2 aromatic heterocycles. The Bertz CT molecular complexity index is 827. The molecule has 0 unspecified atom stereocenters. The Morgan fingerprint density at radius 1 is 1.15 bits per heavy atom. The molecule has 4 heteroatoms. The van der Waals surface area contributed by atoms with E-state index < -0.39 is 8.07 Å². The third-order valence-electron chi connectivity index (χ3n) is 3.68. The number of aromatic nitrogens is 2. The second-order valence-electron chi connectivity index (χ2n) is 6.18. The number of para-hydroxylation sites is 1. The zero-order valence-corrected chi connectivity index (χ0v) is 13.3. The minimum Gasteiger partial charge on any atom is -0.274 e. The lowest BCUT2D eigenvalue weighted by Gasteiger charge is -2.17. The van der Waals surface area contributed by atoms with Gasteiger partial charge in [-0.2, -0.15) is 0 Å². The number of hydrogen-bond donors (Lipinski definition) is 0. The number of benzene rings is 1. The number of carbonyl (C=O) groups excluding carboxylic acids is 1. The van der Waals surface area contributed by atoms with Crippen molar-refractivity contribution in [3.8, 4) is 0 Å². The lowest BCUT2D eigenvalue weighted by atomic mass is 10.2. The summed E-state index contributed by atoms with van der Waals surface area (Å²) in [6.45, 7) is 8.56. The molecule has 20 heavy (non-hydrogen) atoms. The highest BCUT2D eigenvalue weighted by atomic mass is 28.3. The molecule has 3 rings (SSSR count). The Kier molecular flexibility index (Phi) is 2.79. The van der Waals surface area contributed by atoms with Gasteiger partial charge in [-0.15, -0.1) is 0 Å². The molecule has 1 aromatic carbocycles. The number of carbonyl (C=O) groups is 1. The van der Waals surface area contributed by atoms with Crippen LogP contribution in [0.2, 0.25) is 19.6 Å². The molecule has 3 nitrogen and oxygen atoms in total. The second kappa shape index (κ2) is 4.28. The van der Waals surface area contributed by atoms with Gasteiger partial charge >= 0.3 is 0 Å². The van der Waals surface area contributed by atoms with E-state index in [4.69, 9.17) is 0 Å². The molecule has 102 valence electrons. The van der Waals surface area contributed by atoms with Crippen molar-refractivity contribution in [1.82, 2.24) is 9.55 Å². The summed E-state index contributed by atoms with van der Waals surface area (Å²) in [6.07, 6.45) is 1.83. The maximum atomic E-state index is 12.0. The molecule has 3 aromatic rings. The van der Waals surface area contributed by atoms with Gasteiger partial charge in [0.25, 0.3) is 0 Å². The maximum Gasteiger partial charge on any atom is 0.229 e. The first-order valence-electron chi connectivity index (χ1n) is 6.81. The average Bonchev–Trinajstić information content (AvgIpc) is 2.71. The average molecular weight is 282 g/mol. The molecule has 0 spiro atoms. The fraction of sp³-hybridized carbons (Fsp3) is 0.250. The van der Waals surface area contributed by atoms with E-state index in [1.165, 1.54) is 5.19 Å². The summed E-state index contributed by atoms with van der Waals surface area (Å²) in [5.74, 6) is 0.0106. The van der Waals surface area contributed by atoms with Gasteiger partial charge in [-0.25, -0.2) is 4.98 Å². The van der Waals surface area contributed by atoms with Crippen molar-refractivity contribution >= 4 is 41.1 Å². The van der Waals surface area contributed by atoms with E-state index in [0.717, 1.165) is 21.9 Å². The van der Waals surface area contributed by atoms with Crippen LogP contribution in [0.4, 0.5) is 0 Å². The summed E-state index contributed by atoms with van der Waals surface area (Å²) in [7, 11) is -1.50. The van der Waals surface area contributed by atoms with E-state index in [-0.39, 0.29) is 5.91 Å². The van der Waals surface area contributed by atoms with Gasteiger partial charge in [0.1, 0.15) is 5.65 Å². The standard InChI is InChI=1S/C16H18N2OSi/c1-11(19)18-13-8-6-5-7-12(13)15-14(20(2,3)4)9-10-17-16(15)18/h5-10H,1-4H3. The first-order chi connectivity index (χ1) is 9.41. The molecular weight excluding hydrogens is 264 g/mol. The summed E-state index contributed by atoms with van der Waals surface area (Å²) < 4.78 is 1.73. The minimum atomic E-state index is -1.50. The van der Waals surface area contributed by atoms with E-state index in [1.807, 2.05) is 24.4 Å². The Morgan fingerprint density at radius 3 is 2.50 bits per heavy atom. The predicted octanol–water partition coefficient (Wildman–Crippen LogP) is 3.39. The molecule has 0 radical (unpaired) electrons. The Labute approximate surface area is 119 Å². The van der Waals surface area contributed by atoms with Gasteiger partial charge in [0.2, 0.25) is 5.91 Å². The lowest BCUT2D eigenvalue weighted by molar-refractivity contribution is 0.0946. The summed E-state index contributed by atoms with van der Waals surface area (Å²) in [4.78, 5) is 16.5. The van der Waals surface area contributed by atoms with E-state index in [0.29, 0.717) is 0 Å². The van der Waals surface area contributed by atoms with Crippen LogP contribution < -0.4 is 5.19 Å². The van der Waals surface area contributed by atoms with Crippen LogP contribution in [0.15, 0.2) is 36.5 Å². The molecule has 0 amide bonds. The smallest absolute Gasteiger partial charge is 0.229 e. The van der Waals surface area contributed by atoms with E-state index in [1.54, 1.807) is 11.5 Å². The number of pyridine rings is 1. The van der Waals surface area contributed by atoms with Gasteiger partial charge in [0, 0.05) is 23.9 Å². The number of nitrogens with zero attached hydrogens (tertiary/aromatic N) is 2. The summed E-state index contributed by atoms with van der Waals surface area (Å²) in [6, 6.07) is 10.2. The van der Waals surface area contributed by atoms with E-state index >= 15 is 0 Å². The fourth-order valence-corrected chi connectivity index (χ4v) is 4.39. The monoisotopic (exact) mass is 282 g/mol. The van der Waals surface area contributed by atoms with Crippen LogP contribution in [-0.4, -0.2) is 23.5 Å². The SMILES string of the molecule is CC(=O)n1c2ccccc2c2c([Si](C)(C)C)ccnc21. The maximum absolute atomic E-state index is 12.0. The normalized spacial score (nSPS) is 12.2. The molecule has 0 aliphatic heterocycles. The molecule has 0 atom stereocenters. The van der Waals surface area contributed by atoms with E-state index in [2.05, 4.69) is 36.8 Å². The largest absolute Gasteiger partial charge is 0.274 e. The zero-order valence-electron chi connectivity index (χ0n) is 12.3.